The zero-order chi connectivity index (χ0) is 23.1. The maximum Gasteiger partial charge on any atom is 0.411 e. The number of carbonyl (C=O) groups is 2. The smallest absolute Gasteiger partial charge is 0.411 e. The van der Waals surface area contributed by atoms with E-state index in [1.807, 2.05) is 13.8 Å². The topological polar surface area (TPSA) is 146 Å². The van der Waals surface area contributed by atoms with Gasteiger partial charge in [-0.3, -0.25) is 20.3 Å². The lowest BCUT2D eigenvalue weighted by molar-refractivity contribution is -0.114. The van der Waals surface area contributed by atoms with Gasteiger partial charge >= 0.3 is 6.09 Å². The molecule has 0 unspecified atom stereocenters. The SMILES string of the molecule is CC(C)Cn1cc(Oc2c(Cl)cc(NN=C(C#N)C(=O)NC(=O)O)cc2Cl)ccc1=O. The van der Waals surface area contributed by atoms with E-state index in [1.165, 1.54) is 40.2 Å². The lowest BCUT2D eigenvalue weighted by atomic mass is 10.2. The molecule has 1 aromatic heterocycles. The first-order chi connectivity index (χ1) is 14.6. The maximum absolute atomic E-state index is 11.9. The third kappa shape index (κ3) is 6.74. The minimum Gasteiger partial charge on any atom is -0.465 e. The number of nitrogens with one attached hydrogen (secondary N) is 2. The second kappa shape index (κ2) is 10.5. The number of amides is 2. The molecule has 0 radical (unpaired) electrons. The van der Waals surface area contributed by atoms with Crippen LogP contribution in [0.4, 0.5) is 10.5 Å². The molecule has 1 heterocycles. The van der Waals surface area contributed by atoms with E-state index in [1.54, 1.807) is 6.20 Å². The van der Waals surface area contributed by atoms with Crippen LogP contribution in [-0.2, 0) is 11.3 Å². The number of benzene rings is 1. The minimum atomic E-state index is -1.62. The summed E-state index contributed by atoms with van der Waals surface area (Å²) in [5, 5.41) is 22.7. The number of halogens is 2. The molecule has 0 atom stereocenters. The van der Waals surface area contributed by atoms with E-state index in [0.29, 0.717) is 12.3 Å². The summed E-state index contributed by atoms with van der Waals surface area (Å²) in [5.74, 6) is -0.477. The molecule has 0 saturated heterocycles. The molecule has 2 amide bonds. The first-order valence-corrected chi connectivity index (χ1v) is 9.51. The highest BCUT2D eigenvalue weighted by Crippen LogP contribution is 2.38. The van der Waals surface area contributed by atoms with Crippen molar-refractivity contribution in [2.45, 2.75) is 20.4 Å². The van der Waals surface area contributed by atoms with Gasteiger partial charge in [0.15, 0.2) is 5.75 Å². The highest BCUT2D eigenvalue weighted by Gasteiger charge is 2.15. The standard InChI is InChI=1S/C19H17Cl2N5O5/c1-10(2)8-26-9-12(3-4-16(26)27)31-17-13(20)5-11(6-14(17)21)24-25-15(7-22)18(28)23-19(29)30/h3-6,9-10,24H,8H2,1-2H3,(H,23,28)(H,29,30). The first-order valence-electron chi connectivity index (χ1n) is 8.76. The van der Waals surface area contributed by atoms with Crippen molar-refractivity contribution < 1.29 is 19.4 Å². The summed E-state index contributed by atoms with van der Waals surface area (Å²) in [6, 6.07) is 7.08. The van der Waals surface area contributed by atoms with Crippen molar-refractivity contribution in [3.05, 3.63) is 50.9 Å². The molecule has 2 rings (SSSR count). The molecular weight excluding hydrogens is 449 g/mol. The van der Waals surface area contributed by atoms with Crippen molar-refractivity contribution in [2.24, 2.45) is 11.0 Å². The highest BCUT2D eigenvalue weighted by molar-refractivity contribution is 6.46. The fraction of sp³-hybridized carbons (Fsp3) is 0.211. The summed E-state index contributed by atoms with van der Waals surface area (Å²) in [6.45, 7) is 4.46. The quantitative estimate of drug-likeness (QED) is 0.417. The Bertz CT molecular complexity index is 1110. The number of aromatic nitrogens is 1. The van der Waals surface area contributed by atoms with Gasteiger partial charge in [-0.15, -0.1) is 0 Å². The van der Waals surface area contributed by atoms with Gasteiger partial charge in [0.05, 0.1) is 15.7 Å². The van der Waals surface area contributed by atoms with Crippen LogP contribution in [0.1, 0.15) is 13.8 Å². The number of pyridine rings is 1. The van der Waals surface area contributed by atoms with Crippen molar-refractivity contribution in [1.29, 1.82) is 5.26 Å². The van der Waals surface area contributed by atoms with Gasteiger partial charge in [-0.1, -0.05) is 37.0 Å². The normalized spacial score (nSPS) is 11.0. The number of hydrogen-bond acceptors (Lipinski definition) is 7. The number of anilines is 1. The summed E-state index contributed by atoms with van der Waals surface area (Å²) in [6.07, 6.45) is -0.0774. The Hall–Kier alpha value is -3.55. The second-order valence-electron chi connectivity index (χ2n) is 6.56. The minimum absolute atomic E-state index is 0.0836. The zero-order valence-electron chi connectivity index (χ0n) is 16.3. The highest BCUT2D eigenvalue weighted by atomic mass is 35.5. The van der Waals surface area contributed by atoms with Crippen LogP contribution >= 0.6 is 23.2 Å². The van der Waals surface area contributed by atoms with Crippen molar-refractivity contribution in [3.63, 3.8) is 0 Å². The molecule has 0 spiro atoms. The van der Waals surface area contributed by atoms with Crippen molar-refractivity contribution >= 4 is 46.6 Å². The summed E-state index contributed by atoms with van der Waals surface area (Å²) >= 11 is 12.5. The van der Waals surface area contributed by atoms with E-state index in [-0.39, 0.29) is 33.0 Å². The van der Waals surface area contributed by atoms with Gasteiger partial charge in [0, 0.05) is 18.8 Å². The van der Waals surface area contributed by atoms with Gasteiger partial charge in [0.2, 0.25) is 5.71 Å². The van der Waals surface area contributed by atoms with E-state index in [0.717, 1.165) is 0 Å². The van der Waals surface area contributed by atoms with Crippen LogP contribution in [0.3, 0.4) is 0 Å². The predicted molar refractivity (Wildman–Crippen MR) is 115 cm³/mol. The summed E-state index contributed by atoms with van der Waals surface area (Å²) in [5.41, 5.74) is 1.72. The monoisotopic (exact) mass is 465 g/mol. The number of nitrogens with zero attached hydrogens (tertiary/aromatic N) is 3. The Morgan fingerprint density at radius 3 is 2.48 bits per heavy atom. The van der Waals surface area contributed by atoms with Crippen LogP contribution in [0.25, 0.3) is 0 Å². The average molecular weight is 466 g/mol. The fourth-order valence-corrected chi connectivity index (χ4v) is 2.91. The van der Waals surface area contributed by atoms with Gasteiger partial charge in [-0.2, -0.15) is 10.4 Å². The number of nitriles is 1. The number of hydrogen-bond donors (Lipinski definition) is 3. The maximum atomic E-state index is 11.9. The third-order valence-corrected chi connectivity index (χ3v) is 4.14. The van der Waals surface area contributed by atoms with Gasteiger partial charge in [-0.25, -0.2) is 4.79 Å². The summed E-state index contributed by atoms with van der Waals surface area (Å²) < 4.78 is 7.24. The van der Waals surface area contributed by atoms with Gasteiger partial charge in [0.25, 0.3) is 11.5 Å². The molecule has 3 N–H and O–H groups in total. The molecule has 0 aliphatic rings. The Morgan fingerprint density at radius 1 is 1.29 bits per heavy atom. The summed E-state index contributed by atoms with van der Waals surface area (Å²) in [7, 11) is 0. The molecule has 162 valence electrons. The number of rotatable bonds is 7. The van der Waals surface area contributed by atoms with Crippen LogP contribution in [0.15, 0.2) is 40.4 Å². The fourth-order valence-electron chi connectivity index (χ4n) is 2.35. The first kappa shape index (κ1) is 23.7. The Kier molecular flexibility index (Phi) is 8.01. The second-order valence-corrected chi connectivity index (χ2v) is 7.38. The van der Waals surface area contributed by atoms with E-state index >= 15 is 0 Å². The summed E-state index contributed by atoms with van der Waals surface area (Å²) in [4.78, 5) is 34.0. The van der Waals surface area contributed by atoms with E-state index in [9.17, 15) is 14.4 Å². The zero-order valence-corrected chi connectivity index (χ0v) is 17.9. The van der Waals surface area contributed by atoms with Crippen molar-refractivity contribution in [3.8, 4) is 17.6 Å². The molecule has 0 bridgehead atoms. The number of ether oxygens (including phenoxy) is 1. The van der Waals surface area contributed by atoms with Crippen LogP contribution in [0.5, 0.6) is 11.5 Å². The molecule has 1 aromatic carbocycles. The molecule has 0 saturated carbocycles. The van der Waals surface area contributed by atoms with Crippen molar-refractivity contribution in [1.82, 2.24) is 9.88 Å². The molecule has 10 nitrogen and oxygen atoms in total. The molecule has 31 heavy (non-hydrogen) atoms. The molecule has 12 heteroatoms. The van der Waals surface area contributed by atoms with Crippen LogP contribution in [0, 0.1) is 17.2 Å². The largest absolute Gasteiger partial charge is 0.465 e. The molecular formula is C19H17Cl2N5O5. The lowest BCUT2D eigenvalue weighted by Gasteiger charge is -2.14. The van der Waals surface area contributed by atoms with Crippen LogP contribution < -0.4 is 21.0 Å². The van der Waals surface area contributed by atoms with E-state index in [4.69, 9.17) is 38.3 Å². The Labute approximate surface area is 186 Å². The number of hydrazone groups is 1. The Balaban J connectivity index is 2.24. The van der Waals surface area contributed by atoms with Gasteiger partial charge in [0.1, 0.15) is 11.8 Å². The Morgan fingerprint density at radius 2 is 1.94 bits per heavy atom. The van der Waals surface area contributed by atoms with Gasteiger partial charge in [-0.05, 0) is 24.1 Å². The van der Waals surface area contributed by atoms with E-state index in [2.05, 4.69) is 10.5 Å². The third-order valence-electron chi connectivity index (χ3n) is 3.57. The van der Waals surface area contributed by atoms with Gasteiger partial charge < -0.3 is 14.4 Å². The molecule has 0 fully saturated rings. The lowest BCUT2D eigenvalue weighted by Crippen LogP contribution is -2.34. The van der Waals surface area contributed by atoms with E-state index < -0.39 is 17.7 Å². The van der Waals surface area contributed by atoms with Crippen molar-refractivity contribution in [2.75, 3.05) is 5.43 Å². The molecule has 0 aliphatic carbocycles. The number of carboxylic acid groups (broad SMARTS) is 1. The predicted octanol–water partition coefficient (Wildman–Crippen LogP) is 3.69. The molecule has 2 aromatic rings. The number of imide groups is 1. The van der Waals surface area contributed by atoms with Crippen LogP contribution in [0.2, 0.25) is 10.0 Å². The number of carbonyl (C=O) groups excluding carboxylic acids is 1. The molecule has 0 aliphatic heterocycles. The average Bonchev–Trinajstić information content (AvgIpc) is 2.66. The van der Waals surface area contributed by atoms with Crippen LogP contribution in [-0.4, -0.2) is 27.4 Å².